The van der Waals surface area contributed by atoms with Gasteiger partial charge in [0.1, 0.15) is 6.04 Å². The third kappa shape index (κ3) is 7.87. The van der Waals surface area contributed by atoms with Crippen LogP contribution in [-0.4, -0.2) is 35.0 Å². The van der Waals surface area contributed by atoms with Crippen LogP contribution in [0.4, 0.5) is 4.79 Å². The van der Waals surface area contributed by atoms with E-state index in [1.165, 1.54) is 0 Å². The number of nitrogens with zero attached hydrogens (tertiary/aromatic N) is 2. The Bertz CT molecular complexity index is 940. The first kappa shape index (κ1) is 24.7. The van der Waals surface area contributed by atoms with Crippen LogP contribution >= 0.6 is 22.7 Å². The zero-order chi connectivity index (χ0) is 23.5. The number of methoxy groups -OCH3 is 1. The molecule has 9 heteroatoms. The molecule has 0 aliphatic carbocycles. The second kappa shape index (κ2) is 13.0. The molecule has 7 nitrogen and oxygen atoms in total. The Labute approximate surface area is 202 Å². The highest BCUT2D eigenvalue weighted by molar-refractivity contribution is 7.10. The largest absolute Gasteiger partial charge is 0.481 e. The van der Waals surface area contributed by atoms with Gasteiger partial charge in [0.05, 0.1) is 20.2 Å². The van der Waals surface area contributed by atoms with Gasteiger partial charge in [-0.2, -0.15) is 0 Å². The van der Waals surface area contributed by atoms with Crippen LogP contribution in [0.3, 0.4) is 0 Å². The number of hydrogen-bond donors (Lipinski definition) is 2. The summed E-state index contributed by atoms with van der Waals surface area (Å²) in [6.07, 6.45) is 4.05. The molecule has 0 spiro atoms. The average molecular weight is 487 g/mol. The molecule has 3 aromatic heterocycles. The summed E-state index contributed by atoms with van der Waals surface area (Å²) in [6.45, 7) is 3.44. The summed E-state index contributed by atoms with van der Waals surface area (Å²) in [4.78, 5) is 34.4. The fourth-order valence-electron chi connectivity index (χ4n) is 3.31. The molecule has 3 rings (SSSR count). The quantitative estimate of drug-likeness (QED) is 0.385. The lowest BCUT2D eigenvalue weighted by Crippen LogP contribution is -2.50. The Kier molecular flexibility index (Phi) is 9.71. The number of carbonyl (C=O) groups excluding carboxylic acids is 2. The molecule has 0 fully saturated rings. The van der Waals surface area contributed by atoms with Gasteiger partial charge in [0.2, 0.25) is 11.8 Å². The third-order valence-corrected chi connectivity index (χ3v) is 6.80. The first-order chi connectivity index (χ1) is 16.1. The van der Waals surface area contributed by atoms with E-state index in [0.717, 1.165) is 28.2 Å². The van der Waals surface area contributed by atoms with Gasteiger partial charge in [0.25, 0.3) is 0 Å². The van der Waals surface area contributed by atoms with Crippen LogP contribution in [0.2, 0.25) is 0 Å². The standard InChI is InChI=1S/C24H30N4O3S2/c1-3-4-9-21(27-24(30)26-15-18-10-11-22(31-2)25-14-18)23(29)28(16-19-7-5-12-32-19)17-20-8-6-13-33-20/h5-8,10-14,21H,3-4,9,15-17H2,1-2H3,(H2,26,27,30)/t21-/m0/s1. The van der Waals surface area contributed by atoms with Crippen molar-refractivity contribution in [2.75, 3.05) is 7.11 Å². The number of hydrogen-bond acceptors (Lipinski definition) is 6. The van der Waals surface area contributed by atoms with Crippen LogP contribution in [-0.2, 0) is 24.4 Å². The zero-order valence-corrected chi connectivity index (χ0v) is 20.6. The van der Waals surface area contributed by atoms with Crippen molar-refractivity contribution in [2.45, 2.75) is 51.9 Å². The second-order valence-corrected chi connectivity index (χ2v) is 9.65. The minimum Gasteiger partial charge on any atom is -0.481 e. The number of thiophene rings is 2. The molecule has 176 valence electrons. The molecule has 0 bridgehead atoms. The minimum absolute atomic E-state index is 0.0634. The number of amides is 3. The molecule has 0 saturated heterocycles. The summed E-state index contributed by atoms with van der Waals surface area (Å²) in [7, 11) is 1.56. The van der Waals surface area contributed by atoms with E-state index in [9.17, 15) is 9.59 Å². The third-order valence-electron chi connectivity index (χ3n) is 5.07. The van der Waals surface area contributed by atoms with Gasteiger partial charge in [-0.3, -0.25) is 4.79 Å². The molecule has 0 unspecified atom stereocenters. The van der Waals surface area contributed by atoms with Gasteiger partial charge < -0.3 is 20.3 Å². The maximum atomic E-state index is 13.6. The van der Waals surface area contributed by atoms with Gasteiger partial charge in [-0.1, -0.05) is 38.0 Å². The predicted molar refractivity (Wildman–Crippen MR) is 132 cm³/mol. The van der Waals surface area contributed by atoms with Gasteiger partial charge >= 0.3 is 6.03 Å². The van der Waals surface area contributed by atoms with Gasteiger partial charge in [0.15, 0.2) is 0 Å². The lowest BCUT2D eigenvalue weighted by Gasteiger charge is -2.27. The van der Waals surface area contributed by atoms with E-state index in [4.69, 9.17) is 4.74 Å². The summed E-state index contributed by atoms with van der Waals surface area (Å²) >= 11 is 3.26. The van der Waals surface area contributed by atoms with Crippen molar-refractivity contribution in [3.05, 3.63) is 68.7 Å². The number of aromatic nitrogens is 1. The lowest BCUT2D eigenvalue weighted by molar-refractivity contribution is -0.134. The van der Waals surface area contributed by atoms with Gasteiger partial charge in [-0.05, 0) is 34.9 Å². The Morgan fingerprint density at radius 3 is 2.30 bits per heavy atom. The second-order valence-electron chi connectivity index (χ2n) is 7.58. The van der Waals surface area contributed by atoms with Crippen LogP contribution in [0.5, 0.6) is 5.88 Å². The van der Waals surface area contributed by atoms with E-state index in [1.807, 2.05) is 46.0 Å². The summed E-state index contributed by atoms with van der Waals surface area (Å²) in [5, 5.41) is 9.76. The number of unbranched alkanes of at least 4 members (excludes halogenated alkanes) is 1. The topological polar surface area (TPSA) is 83.6 Å². The summed E-state index contributed by atoms with van der Waals surface area (Å²) in [5.74, 6) is 0.455. The SMILES string of the molecule is CCCC[C@H](NC(=O)NCc1ccc(OC)nc1)C(=O)N(Cc1cccs1)Cc1cccs1. The minimum atomic E-state index is -0.584. The van der Waals surface area contributed by atoms with Crippen LogP contribution in [0.25, 0.3) is 0 Å². The summed E-state index contributed by atoms with van der Waals surface area (Å²) in [6, 6.07) is 10.7. The van der Waals surface area contributed by atoms with Crippen LogP contribution in [0, 0.1) is 0 Å². The first-order valence-corrected chi connectivity index (χ1v) is 12.7. The maximum absolute atomic E-state index is 13.6. The molecule has 0 aromatic carbocycles. The van der Waals surface area contributed by atoms with E-state index < -0.39 is 6.04 Å². The van der Waals surface area contributed by atoms with Crippen molar-refractivity contribution >= 4 is 34.6 Å². The summed E-state index contributed by atoms with van der Waals surface area (Å²) < 4.78 is 5.06. The Morgan fingerprint density at radius 1 is 1.09 bits per heavy atom. The number of rotatable bonds is 12. The molecule has 0 aliphatic heterocycles. The van der Waals surface area contributed by atoms with Crippen molar-refractivity contribution in [2.24, 2.45) is 0 Å². The molecule has 2 N–H and O–H groups in total. The highest BCUT2D eigenvalue weighted by Crippen LogP contribution is 2.19. The highest BCUT2D eigenvalue weighted by Gasteiger charge is 2.26. The van der Waals surface area contributed by atoms with Crippen LogP contribution in [0.1, 0.15) is 41.5 Å². The number of carbonyl (C=O) groups is 2. The van der Waals surface area contributed by atoms with Gasteiger partial charge in [-0.25, -0.2) is 9.78 Å². The molecular formula is C24H30N4O3S2. The molecule has 3 aromatic rings. The van der Waals surface area contributed by atoms with E-state index in [1.54, 1.807) is 42.0 Å². The van der Waals surface area contributed by atoms with E-state index >= 15 is 0 Å². The van der Waals surface area contributed by atoms with E-state index in [-0.39, 0.29) is 11.9 Å². The highest BCUT2D eigenvalue weighted by atomic mass is 32.1. The fraction of sp³-hybridized carbons (Fsp3) is 0.375. The smallest absolute Gasteiger partial charge is 0.315 e. The maximum Gasteiger partial charge on any atom is 0.315 e. The number of urea groups is 1. The monoisotopic (exact) mass is 486 g/mol. The molecule has 0 saturated carbocycles. The van der Waals surface area contributed by atoms with Crippen LogP contribution < -0.4 is 15.4 Å². The van der Waals surface area contributed by atoms with E-state index in [0.29, 0.717) is 31.9 Å². The normalized spacial score (nSPS) is 11.6. The Balaban J connectivity index is 1.65. The predicted octanol–water partition coefficient (Wildman–Crippen LogP) is 4.80. The first-order valence-electron chi connectivity index (χ1n) is 11.0. The van der Waals surface area contributed by atoms with E-state index in [2.05, 4.69) is 22.5 Å². The Hall–Kier alpha value is -2.91. The van der Waals surface area contributed by atoms with Crippen molar-refractivity contribution in [1.29, 1.82) is 0 Å². The summed E-state index contributed by atoms with van der Waals surface area (Å²) in [5.41, 5.74) is 0.847. The van der Waals surface area contributed by atoms with Gasteiger partial charge in [0, 0.05) is 28.6 Å². The number of nitrogens with one attached hydrogen (secondary N) is 2. The van der Waals surface area contributed by atoms with Crippen molar-refractivity contribution in [1.82, 2.24) is 20.5 Å². The molecule has 0 aliphatic rings. The van der Waals surface area contributed by atoms with Crippen LogP contribution in [0.15, 0.2) is 53.4 Å². The Morgan fingerprint density at radius 2 is 1.79 bits per heavy atom. The lowest BCUT2D eigenvalue weighted by atomic mass is 10.1. The molecule has 33 heavy (non-hydrogen) atoms. The average Bonchev–Trinajstić information content (AvgIpc) is 3.54. The molecule has 1 atom stereocenters. The molecule has 3 amide bonds. The molecular weight excluding hydrogens is 456 g/mol. The van der Waals surface area contributed by atoms with Crippen molar-refractivity contribution < 1.29 is 14.3 Å². The fourth-order valence-corrected chi connectivity index (χ4v) is 4.75. The number of pyridine rings is 1. The van der Waals surface area contributed by atoms with Gasteiger partial charge in [-0.15, -0.1) is 22.7 Å². The van der Waals surface area contributed by atoms with Crippen molar-refractivity contribution in [3.8, 4) is 5.88 Å². The number of ether oxygens (including phenoxy) is 1. The van der Waals surface area contributed by atoms with Crippen molar-refractivity contribution in [3.63, 3.8) is 0 Å². The molecule has 3 heterocycles. The molecule has 0 radical (unpaired) electrons. The zero-order valence-electron chi connectivity index (χ0n) is 19.0.